The van der Waals surface area contributed by atoms with E-state index >= 15 is 0 Å². The third kappa shape index (κ3) is 9.53. The van der Waals surface area contributed by atoms with Gasteiger partial charge < -0.3 is 49.3 Å². The molecule has 1 fully saturated rings. The van der Waals surface area contributed by atoms with Gasteiger partial charge in [0.15, 0.2) is 0 Å². The zero-order chi connectivity index (χ0) is 36.6. The van der Waals surface area contributed by atoms with Gasteiger partial charge >= 0.3 is 6.03 Å². The molecule has 2 amide bonds. The second-order valence-electron chi connectivity index (χ2n) is 13.3. The third-order valence-corrected chi connectivity index (χ3v) is 10.1. The summed E-state index contributed by atoms with van der Waals surface area (Å²) < 4.78 is 25.6. The molecule has 0 saturated heterocycles. The number of unbranched alkanes of at least 4 members (excludes halogenated alkanes) is 2. The fourth-order valence-electron chi connectivity index (χ4n) is 8.14. The van der Waals surface area contributed by atoms with Crippen molar-refractivity contribution >= 4 is 11.7 Å². The maximum absolute atomic E-state index is 14.1. The Kier molecular flexibility index (Phi) is 16.3. The fraction of sp³-hybridized carbons (Fsp3) is 0.641. The highest BCUT2D eigenvalue weighted by atomic mass is 16.7. The van der Waals surface area contributed by atoms with E-state index in [-0.39, 0.29) is 75.9 Å². The predicted octanol–water partition coefficient (Wildman–Crippen LogP) is 4.95. The molecule has 2 aliphatic carbocycles. The van der Waals surface area contributed by atoms with Gasteiger partial charge in [0.05, 0.1) is 38.1 Å². The van der Waals surface area contributed by atoms with Crippen LogP contribution >= 0.6 is 0 Å². The van der Waals surface area contributed by atoms with E-state index in [0.29, 0.717) is 50.3 Å². The van der Waals surface area contributed by atoms with Gasteiger partial charge in [0.1, 0.15) is 31.3 Å². The van der Waals surface area contributed by atoms with Crippen molar-refractivity contribution < 1.29 is 43.9 Å². The number of urea groups is 1. The predicted molar refractivity (Wildman–Crippen MR) is 196 cm³/mol. The summed E-state index contributed by atoms with van der Waals surface area (Å²) in [5.74, 6) is -0.216. The highest BCUT2D eigenvalue weighted by Crippen LogP contribution is 2.61. The minimum Gasteiger partial charge on any atom is -0.490 e. The van der Waals surface area contributed by atoms with Crippen molar-refractivity contribution in [1.29, 1.82) is 0 Å². The Bertz CT molecular complexity index is 1340. The van der Waals surface area contributed by atoms with Gasteiger partial charge in [-0.05, 0) is 67.7 Å². The van der Waals surface area contributed by atoms with E-state index in [0.717, 1.165) is 42.5 Å². The Balaban J connectivity index is 1.95. The molecule has 12 nitrogen and oxygen atoms in total. The number of nitrogens with zero attached hydrogens (tertiary/aromatic N) is 2. The Morgan fingerprint density at radius 1 is 1.08 bits per heavy atom. The van der Waals surface area contributed by atoms with Crippen molar-refractivity contribution in [2.45, 2.75) is 76.0 Å². The molecule has 0 unspecified atom stereocenters. The number of oxime groups is 1. The molecule has 4 N–H and O–H groups in total. The van der Waals surface area contributed by atoms with Gasteiger partial charge in [-0.1, -0.05) is 49.7 Å². The van der Waals surface area contributed by atoms with E-state index in [9.17, 15) is 15.0 Å². The summed E-state index contributed by atoms with van der Waals surface area (Å²) >= 11 is 0. The number of hydrogen-bond donors (Lipinski definition) is 4. The summed E-state index contributed by atoms with van der Waals surface area (Å²) in [6.45, 7) is 11.7. The molecule has 12 heteroatoms. The van der Waals surface area contributed by atoms with Crippen molar-refractivity contribution in [3.63, 3.8) is 0 Å². The molecule has 1 aromatic rings. The molecule has 0 spiro atoms. The van der Waals surface area contributed by atoms with Gasteiger partial charge in [-0.15, -0.1) is 6.58 Å². The number of carbonyl (C=O) groups excluding carboxylic acids is 1. The lowest BCUT2D eigenvalue weighted by Gasteiger charge is -2.60. The van der Waals surface area contributed by atoms with Crippen LogP contribution in [0.5, 0.6) is 11.5 Å². The van der Waals surface area contributed by atoms with Gasteiger partial charge in [0, 0.05) is 44.2 Å². The molecule has 0 aromatic heterocycles. The molecule has 1 aromatic carbocycles. The molecule has 1 aliphatic heterocycles. The summed E-state index contributed by atoms with van der Waals surface area (Å²) in [6.07, 6.45) is 11.5. The first-order valence-corrected chi connectivity index (χ1v) is 18.5. The van der Waals surface area contributed by atoms with E-state index < -0.39 is 11.8 Å². The lowest BCUT2D eigenvalue weighted by atomic mass is 9.55. The van der Waals surface area contributed by atoms with Gasteiger partial charge in [0.2, 0.25) is 5.79 Å². The molecule has 1 heterocycles. The Hall–Kier alpha value is -3.42. The van der Waals surface area contributed by atoms with E-state index in [1.807, 2.05) is 19.1 Å². The lowest BCUT2D eigenvalue weighted by Crippen LogP contribution is -2.70. The van der Waals surface area contributed by atoms with Gasteiger partial charge in [0.25, 0.3) is 0 Å². The van der Waals surface area contributed by atoms with E-state index in [4.69, 9.17) is 28.9 Å². The van der Waals surface area contributed by atoms with Crippen LogP contribution in [0.3, 0.4) is 0 Å². The van der Waals surface area contributed by atoms with Crippen molar-refractivity contribution in [3.8, 4) is 11.5 Å². The van der Waals surface area contributed by atoms with Crippen molar-refractivity contribution in [2.24, 2.45) is 22.9 Å². The molecule has 0 radical (unpaired) electrons. The van der Waals surface area contributed by atoms with Gasteiger partial charge in [-0.3, -0.25) is 0 Å². The summed E-state index contributed by atoms with van der Waals surface area (Å²) in [5.41, 5.74) is 2.71. The van der Waals surface area contributed by atoms with Crippen molar-refractivity contribution in [2.75, 3.05) is 66.4 Å². The van der Waals surface area contributed by atoms with Crippen LogP contribution in [0, 0.1) is 17.8 Å². The second-order valence-corrected chi connectivity index (χ2v) is 13.3. The Morgan fingerprint density at radius 3 is 2.53 bits per heavy atom. The SMILES string of the molecule is C=CCOc1ccc2c(c1)[C@H]1[C@H](CCCCO)[C@@H](CCCCO)C=C3C(=NOC)C[C@H](N(CCC)C(=O)NCCOCCO)[C@@](OCC=C)(O2)[C@H]31. The molecular formula is C39H59N3O9. The summed E-state index contributed by atoms with van der Waals surface area (Å²) in [5, 5.41) is 36.2. The van der Waals surface area contributed by atoms with E-state index in [2.05, 4.69) is 35.8 Å². The number of fused-ring (bicyclic) bond motifs is 2. The molecule has 284 valence electrons. The van der Waals surface area contributed by atoms with Crippen molar-refractivity contribution in [1.82, 2.24) is 10.2 Å². The highest BCUT2D eigenvalue weighted by molar-refractivity contribution is 6.03. The van der Waals surface area contributed by atoms with E-state index in [1.54, 1.807) is 17.1 Å². The number of aliphatic hydroxyl groups excluding tert-OH is 3. The van der Waals surface area contributed by atoms with Crippen LogP contribution < -0.4 is 14.8 Å². The monoisotopic (exact) mass is 713 g/mol. The van der Waals surface area contributed by atoms with Crippen LogP contribution in [0.2, 0.25) is 0 Å². The normalized spacial score (nSPS) is 25.5. The molecule has 3 aliphatic rings. The Labute approximate surface area is 303 Å². The average molecular weight is 714 g/mol. The maximum atomic E-state index is 14.1. The van der Waals surface area contributed by atoms with Gasteiger partial charge in [-0.2, -0.15) is 0 Å². The first-order valence-electron chi connectivity index (χ1n) is 18.5. The number of hydrogen-bond acceptors (Lipinski definition) is 10. The molecule has 6 atom stereocenters. The van der Waals surface area contributed by atoms with Crippen LogP contribution in [0.15, 0.2) is 60.3 Å². The average Bonchev–Trinajstić information content (AvgIpc) is 3.14. The van der Waals surface area contributed by atoms with Crippen LogP contribution in [-0.2, 0) is 14.3 Å². The second kappa shape index (κ2) is 20.6. The quantitative estimate of drug-likeness (QED) is 0.0702. The largest absolute Gasteiger partial charge is 0.490 e. The number of ether oxygens (including phenoxy) is 4. The van der Waals surface area contributed by atoms with Crippen LogP contribution in [-0.4, -0.2) is 110 Å². The van der Waals surface area contributed by atoms with Crippen LogP contribution in [0.25, 0.3) is 0 Å². The highest BCUT2D eigenvalue weighted by Gasteiger charge is 2.65. The number of benzene rings is 1. The molecular weight excluding hydrogens is 654 g/mol. The topological polar surface area (TPSA) is 152 Å². The molecule has 51 heavy (non-hydrogen) atoms. The maximum Gasteiger partial charge on any atom is 0.317 e. The summed E-state index contributed by atoms with van der Waals surface area (Å²) in [4.78, 5) is 21.4. The smallest absolute Gasteiger partial charge is 0.317 e. The molecule has 1 saturated carbocycles. The Morgan fingerprint density at radius 2 is 1.84 bits per heavy atom. The number of amides is 2. The zero-order valence-electron chi connectivity index (χ0n) is 30.5. The minimum atomic E-state index is -1.32. The van der Waals surface area contributed by atoms with Crippen LogP contribution in [0.1, 0.15) is 69.8 Å². The summed E-state index contributed by atoms with van der Waals surface area (Å²) in [6, 6.07) is 5.00. The zero-order valence-corrected chi connectivity index (χ0v) is 30.5. The first-order chi connectivity index (χ1) is 24.9. The number of rotatable bonds is 23. The van der Waals surface area contributed by atoms with Gasteiger partial charge in [-0.25, -0.2) is 4.79 Å². The van der Waals surface area contributed by atoms with Crippen molar-refractivity contribution in [3.05, 3.63) is 60.7 Å². The third-order valence-electron chi connectivity index (χ3n) is 10.1. The molecule has 0 bridgehead atoms. The minimum absolute atomic E-state index is 0.0921. The number of nitrogens with one attached hydrogen (secondary N) is 1. The van der Waals surface area contributed by atoms with Crippen LogP contribution in [0.4, 0.5) is 4.79 Å². The lowest BCUT2D eigenvalue weighted by molar-refractivity contribution is -0.254. The first kappa shape index (κ1) is 40.4. The standard InChI is InChI=1S/C39H59N3O9/c1-5-17-42(38(46)40-16-23-48-24-20-45)35-27-33(41-47-4)31-25-28(12-8-10-18-43)30(13-9-11-19-44)36-32-26-29(49-21-6-2)14-15-34(32)51-39(35,37(31)36)50-22-7-3/h6-7,14-15,25-26,28,30,35-37,43-45H,2-3,5,8-13,16-24,27H2,1,4H3,(H,40,46)/t28-,30+,35-,36+,37+,39+/m0/s1. The number of aliphatic hydroxyl groups is 3. The fourth-order valence-corrected chi connectivity index (χ4v) is 8.14. The number of carbonyl (C=O) groups is 1. The summed E-state index contributed by atoms with van der Waals surface area (Å²) in [7, 11) is 1.54. The van der Waals surface area contributed by atoms with E-state index in [1.165, 1.54) is 7.11 Å². The molecule has 4 rings (SSSR count). The number of allylic oxidation sites excluding steroid dienone is 1.